The molecule has 0 fully saturated rings. The van der Waals surface area contributed by atoms with Crippen LogP contribution in [0.5, 0.6) is 0 Å². The molecule has 0 radical (unpaired) electrons. The fraction of sp³-hybridized carbons (Fsp3) is 0.760. The average Bonchev–Trinajstić information content (AvgIpc) is 3.68. The molecule has 0 aliphatic rings. The molecule has 14 heteroatoms. The van der Waals surface area contributed by atoms with Crippen molar-refractivity contribution < 1.29 is 42.8 Å². The SMILES string of the molecule is CCCCCCCCCCCCCC(O)CCCC(=O)[C@H](COP(=O)(O)OCCNC(=O)[C@@H](NC(=O)Cc1c[nH]c2ccccc12)[C@@H](C)CC)NC(=O)CCCCCCCCCCC. The van der Waals surface area contributed by atoms with Gasteiger partial charge in [0.15, 0.2) is 5.78 Å². The van der Waals surface area contributed by atoms with Crippen LogP contribution in [-0.4, -0.2) is 76.4 Å². The van der Waals surface area contributed by atoms with Gasteiger partial charge in [0.25, 0.3) is 0 Å². The Morgan fingerprint density at radius 1 is 0.703 bits per heavy atom. The van der Waals surface area contributed by atoms with Gasteiger partial charge in [-0.15, -0.1) is 0 Å². The number of hydrogen-bond acceptors (Lipinski definition) is 8. The number of carbonyl (C=O) groups excluding carboxylic acids is 4. The molecule has 0 bridgehead atoms. The van der Waals surface area contributed by atoms with Gasteiger partial charge in [-0.25, -0.2) is 4.57 Å². The van der Waals surface area contributed by atoms with Crippen LogP contribution in [0.2, 0.25) is 0 Å². The molecule has 0 spiro atoms. The summed E-state index contributed by atoms with van der Waals surface area (Å²) in [6.45, 7) is 7.12. The van der Waals surface area contributed by atoms with Crippen LogP contribution in [0.3, 0.4) is 0 Å². The van der Waals surface area contributed by atoms with Gasteiger partial charge in [0, 0.05) is 36.5 Å². The molecule has 2 aromatic rings. The van der Waals surface area contributed by atoms with E-state index >= 15 is 0 Å². The zero-order chi connectivity index (χ0) is 46.8. The zero-order valence-electron chi connectivity index (χ0n) is 40.1. The Morgan fingerprint density at radius 2 is 1.27 bits per heavy atom. The first kappa shape index (κ1) is 57.0. The third-order valence-corrected chi connectivity index (χ3v) is 13.2. The van der Waals surface area contributed by atoms with Crippen molar-refractivity contribution in [2.24, 2.45) is 5.92 Å². The lowest BCUT2D eigenvalue weighted by Gasteiger charge is -2.24. The van der Waals surface area contributed by atoms with E-state index in [0.29, 0.717) is 32.1 Å². The van der Waals surface area contributed by atoms with Gasteiger partial charge in [-0.1, -0.05) is 174 Å². The highest BCUT2D eigenvalue weighted by Crippen LogP contribution is 2.43. The molecule has 5 atom stereocenters. The van der Waals surface area contributed by atoms with Crippen LogP contribution in [0, 0.1) is 5.92 Å². The molecule has 0 saturated carbocycles. The molecule has 0 saturated heterocycles. The Hall–Kier alpha value is -3.09. The number of para-hydroxylation sites is 1. The molecule has 2 unspecified atom stereocenters. The van der Waals surface area contributed by atoms with E-state index in [-0.39, 0.29) is 55.9 Å². The maximum Gasteiger partial charge on any atom is 0.472 e. The number of hydrogen-bond donors (Lipinski definition) is 6. The van der Waals surface area contributed by atoms with Gasteiger partial charge in [0.1, 0.15) is 12.1 Å². The molecule has 366 valence electrons. The normalized spacial score (nSPS) is 14.4. The minimum absolute atomic E-state index is 0.0694. The monoisotopic (exact) mass is 919 g/mol. The second-order valence-electron chi connectivity index (χ2n) is 17.9. The number of carbonyl (C=O) groups is 4. The Balaban J connectivity index is 1.83. The Morgan fingerprint density at radius 3 is 1.88 bits per heavy atom. The molecule has 1 heterocycles. The molecular formula is C50H87N4O9P. The summed E-state index contributed by atoms with van der Waals surface area (Å²) in [6.07, 6.45) is 27.3. The Labute approximate surface area is 385 Å². The van der Waals surface area contributed by atoms with E-state index in [1.165, 1.54) is 89.9 Å². The lowest BCUT2D eigenvalue weighted by molar-refractivity contribution is -0.130. The topological polar surface area (TPSA) is 196 Å². The van der Waals surface area contributed by atoms with Gasteiger partial charge in [0.05, 0.1) is 25.7 Å². The molecular weight excluding hydrogens is 832 g/mol. The summed E-state index contributed by atoms with van der Waals surface area (Å²) in [5.41, 5.74) is 1.73. The number of H-pyrrole nitrogens is 1. The summed E-state index contributed by atoms with van der Waals surface area (Å²) in [5.74, 6) is -1.64. The molecule has 0 aliphatic heterocycles. The van der Waals surface area contributed by atoms with E-state index in [4.69, 9.17) is 9.05 Å². The van der Waals surface area contributed by atoms with E-state index in [0.717, 1.165) is 48.6 Å². The van der Waals surface area contributed by atoms with E-state index in [1.807, 2.05) is 38.1 Å². The standard InChI is InChI=1S/C50H87N4O9P/c1-5-8-10-12-14-16-17-19-20-22-24-29-42(55)30-28-33-46(56)45(53-47(57)34-25-23-21-18-15-13-11-9-6-2)39-63-64(60,61)62-36-35-51-50(59)49(40(4)7-3)54-48(58)37-41-38-52-44-32-27-26-31-43(41)44/h26-27,31-32,38,40,42,45,49,52,55H,5-25,28-30,33-37,39H2,1-4H3,(H,51,59)(H,53,57)(H,54,58)(H,60,61)/t40-,42?,45-,49-/m0/s1. The van der Waals surface area contributed by atoms with Crippen molar-refractivity contribution in [1.29, 1.82) is 0 Å². The molecule has 1 aromatic carbocycles. The van der Waals surface area contributed by atoms with Crippen molar-refractivity contribution >= 4 is 42.2 Å². The number of benzene rings is 1. The summed E-state index contributed by atoms with van der Waals surface area (Å²) < 4.78 is 23.3. The predicted octanol–water partition coefficient (Wildman–Crippen LogP) is 10.7. The molecule has 13 nitrogen and oxygen atoms in total. The summed E-state index contributed by atoms with van der Waals surface area (Å²) in [6, 6.07) is 5.66. The van der Waals surface area contributed by atoms with Gasteiger partial charge in [-0.05, 0) is 43.2 Å². The fourth-order valence-electron chi connectivity index (χ4n) is 7.98. The molecule has 2 rings (SSSR count). The molecule has 1 aromatic heterocycles. The third-order valence-electron chi connectivity index (χ3n) is 12.2. The van der Waals surface area contributed by atoms with Crippen LogP contribution in [0.25, 0.3) is 10.9 Å². The van der Waals surface area contributed by atoms with Gasteiger partial charge < -0.3 is 30.9 Å². The Bertz CT molecular complexity index is 1620. The van der Waals surface area contributed by atoms with Crippen molar-refractivity contribution in [1.82, 2.24) is 20.9 Å². The zero-order valence-corrected chi connectivity index (χ0v) is 41.0. The smallest absolute Gasteiger partial charge is 0.393 e. The quantitative estimate of drug-likeness (QED) is 0.0278. The number of fused-ring (bicyclic) bond motifs is 1. The number of aliphatic hydroxyl groups excluding tert-OH is 1. The lowest BCUT2D eigenvalue weighted by atomic mass is 9.98. The largest absolute Gasteiger partial charge is 0.472 e. The molecule has 6 N–H and O–H groups in total. The van der Waals surface area contributed by atoms with Gasteiger partial charge in [-0.2, -0.15) is 0 Å². The fourth-order valence-corrected chi connectivity index (χ4v) is 8.71. The molecule has 64 heavy (non-hydrogen) atoms. The van der Waals surface area contributed by atoms with Crippen LogP contribution in [0.4, 0.5) is 0 Å². The highest BCUT2D eigenvalue weighted by Gasteiger charge is 2.29. The highest BCUT2D eigenvalue weighted by atomic mass is 31.2. The van der Waals surface area contributed by atoms with Crippen molar-refractivity contribution in [2.45, 2.75) is 219 Å². The average molecular weight is 919 g/mol. The number of aliphatic hydroxyl groups is 1. The van der Waals surface area contributed by atoms with E-state index in [2.05, 4.69) is 34.8 Å². The van der Waals surface area contributed by atoms with E-state index < -0.39 is 38.5 Å². The number of ketones is 1. The van der Waals surface area contributed by atoms with Crippen molar-refractivity contribution in [2.75, 3.05) is 19.8 Å². The number of amides is 3. The Kier molecular flexibility index (Phi) is 31.3. The van der Waals surface area contributed by atoms with Crippen molar-refractivity contribution in [3.05, 3.63) is 36.0 Å². The van der Waals surface area contributed by atoms with Gasteiger partial charge >= 0.3 is 7.82 Å². The predicted molar refractivity (Wildman–Crippen MR) is 258 cm³/mol. The third kappa shape index (κ3) is 26.2. The number of aromatic nitrogens is 1. The highest BCUT2D eigenvalue weighted by molar-refractivity contribution is 7.47. The lowest BCUT2D eigenvalue weighted by Crippen LogP contribution is -2.51. The first-order valence-corrected chi connectivity index (χ1v) is 26.6. The second-order valence-corrected chi connectivity index (χ2v) is 19.3. The number of phosphoric ester groups is 1. The number of rotatable bonds is 41. The maximum absolute atomic E-state index is 13.4. The number of unbranched alkanes of at least 4 members (excludes halogenated alkanes) is 18. The first-order valence-electron chi connectivity index (χ1n) is 25.1. The maximum atomic E-state index is 13.4. The van der Waals surface area contributed by atoms with E-state index in [1.54, 1.807) is 6.20 Å². The summed E-state index contributed by atoms with van der Waals surface area (Å²) in [4.78, 5) is 66.3. The van der Waals surface area contributed by atoms with Crippen molar-refractivity contribution in [3.8, 4) is 0 Å². The van der Waals surface area contributed by atoms with Gasteiger partial charge in [0.2, 0.25) is 17.7 Å². The summed E-state index contributed by atoms with van der Waals surface area (Å²) >= 11 is 0. The minimum atomic E-state index is -4.70. The van der Waals surface area contributed by atoms with Crippen LogP contribution in [0.1, 0.15) is 200 Å². The number of phosphoric acid groups is 1. The number of nitrogens with one attached hydrogen (secondary N) is 4. The summed E-state index contributed by atoms with van der Waals surface area (Å²) in [7, 11) is -4.70. The number of Topliss-reactive ketones (excluding diaryl/α,β-unsaturated/α-hetero) is 1. The van der Waals surface area contributed by atoms with Crippen LogP contribution >= 0.6 is 7.82 Å². The molecule has 0 aliphatic carbocycles. The first-order chi connectivity index (χ1) is 30.9. The van der Waals surface area contributed by atoms with Crippen LogP contribution < -0.4 is 16.0 Å². The van der Waals surface area contributed by atoms with Crippen molar-refractivity contribution in [3.63, 3.8) is 0 Å². The minimum Gasteiger partial charge on any atom is -0.393 e. The molecule has 3 amide bonds. The number of aromatic amines is 1. The van der Waals surface area contributed by atoms with E-state index in [9.17, 15) is 33.7 Å². The van der Waals surface area contributed by atoms with Crippen LogP contribution in [0.15, 0.2) is 30.5 Å². The van der Waals surface area contributed by atoms with Crippen LogP contribution in [-0.2, 0) is 39.2 Å². The summed E-state index contributed by atoms with van der Waals surface area (Å²) in [5, 5.41) is 19.8. The second kappa shape index (κ2) is 35.1. The van der Waals surface area contributed by atoms with Gasteiger partial charge in [-0.3, -0.25) is 28.2 Å².